The molecule has 0 radical (unpaired) electrons. The lowest BCUT2D eigenvalue weighted by Gasteiger charge is -2.23. The van der Waals surface area contributed by atoms with Gasteiger partial charge in [-0.05, 0) is 19.8 Å². The van der Waals surface area contributed by atoms with Crippen LogP contribution in [0.15, 0.2) is 0 Å². The molecule has 1 aliphatic heterocycles. The lowest BCUT2D eigenvalue weighted by molar-refractivity contribution is -0.151. The fourth-order valence-corrected chi connectivity index (χ4v) is 1.72. The summed E-state index contributed by atoms with van der Waals surface area (Å²) in [5.41, 5.74) is 0. The highest BCUT2D eigenvalue weighted by atomic mass is 16.5. The monoisotopic (exact) mass is 210 g/mol. The van der Waals surface area contributed by atoms with E-state index in [1.54, 1.807) is 0 Å². The SMILES string of the molecule is COC(=O)C1CCCN1C(=O)C(C)C#N. The molecule has 0 aromatic heterocycles. The Morgan fingerprint density at radius 1 is 1.60 bits per heavy atom. The van der Waals surface area contributed by atoms with Crippen LogP contribution >= 0.6 is 0 Å². The van der Waals surface area contributed by atoms with Crippen LogP contribution in [0.2, 0.25) is 0 Å². The number of carbonyl (C=O) groups excluding carboxylic acids is 2. The molecule has 0 aromatic carbocycles. The first-order valence-electron chi connectivity index (χ1n) is 4.89. The Morgan fingerprint density at radius 3 is 2.80 bits per heavy atom. The maximum Gasteiger partial charge on any atom is 0.328 e. The molecule has 0 N–H and O–H groups in total. The van der Waals surface area contributed by atoms with E-state index < -0.39 is 17.9 Å². The van der Waals surface area contributed by atoms with Gasteiger partial charge in [-0.15, -0.1) is 0 Å². The molecule has 15 heavy (non-hydrogen) atoms. The fraction of sp³-hybridized carbons (Fsp3) is 0.700. The van der Waals surface area contributed by atoms with E-state index in [1.165, 1.54) is 18.9 Å². The fourth-order valence-electron chi connectivity index (χ4n) is 1.72. The maximum atomic E-state index is 11.7. The van der Waals surface area contributed by atoms with Crippen molar-refractivity contribution in [1.82, 2.24) is 4.90 Å². The smallest absolute Gasteiger partial charge is 0.328 e. The molecule has 0 saturated carbocycles. The minimum atomic E-state index is -0.699. The number of likely N-dealkylation sites (tertiary alicyclic amines) is 1. The summed E-state index contributed by atoms with van der Waals surface area (Å²) >= 11 is 0. The molecule has 0 spiro atoms. The molecule has 0 aliphatic carbocycles. The zero-order chi connectivity index (χ0) is 11.4. The summed E-state index contributed by atoms with van der Waals surface area (Å²) in [6.45, 7) is 2.07. The molecule has 1 saturated heterocycles. The average Bonchev–Trinajstić information content (AvgIpc) is 2.74. The molecule has 1 amide bonds. The van der Waals surface area contributed by atoms with Crippen molar-refractivity contribution in [1.29, 1.82) is 5.26 Å². The van der Waals surface area contributed by atoms with Crippen LogP contribution in [0, 0.1) is 17.2 Å². The van der Waals surface area contributed by atoms with Crippen LogP contribution < -0.4 is 0 Å². The number of hydrogen-bond acceptors (Lipinski definition) is 4. The molecule has 1 fully saturated rings. The third-order valence-corrected chi connectivity index (χ3v) is 2.57. The first-order valence-corrected chi connectivity index (χ1v) is 4.89. The Balaban J connectivity index is 2.73. The number of esters is 1. The highest BCUT2D eigenvalue weighted by molar-refractivity contribution is 5.87. The molecule has 0 aromatic rings. The van der Waals surface area contributed by atoms with Crippen molar-refractivity contribution in [3.05, 3.63) is 0 Å². The molecule has 0 bridgehead atoms. The van der Waals surface area contributed by atoms with Crippen LogP contribution in [0.3, 0.4) is 0 Å². The van der Waals surface area contributed by atoms with E-state index in [9.17, 15) is 9.59 Å². The summed E-state index contributed by atoms with van der Waals surface area (Å²) in [5.74, 6) is -1.38. The molecule has 1 heterocycles. The Hall–Kier alpha value is -1.57. The third kappa shape index (κ3) is 2.27. The van der Waals surface area contributed by atoms with Crippen LogP contribution in [-0.4, -0.2) is 36.5 Å². The summed E-state index contributed by atoms with van der Waals surface area (Å²) < 4.78 is 4.61. The third-order valence-electron chi connectivity index (χ3n) is 2.57. The molecule has 5 heteroatoms. The Kier molecular flexibility index (Phi) is 3.67. The van der Waals surface area contributed by atoms with Gasteiger partial charge in [-0.2, -0.15) is 5.26 Å². The molecule has 2 unspecified atom stereocenters. The quantitative estimate of drug-likeness (QED) is 0.615. The van der Waals surface area contributed by atoms with Crippen molar-refractivity contribution < 1.29 is 14.3 Å². The maximum absolute atomic E-state index is 11.7. The van der Waals surface area contributed by atoms with Gasteiger partial charge in [-0.1, -0.05) is 0 Å². The van der Waals surface area contributed by atoms with Gasteiger partial charge in [0.2, 0.25) is 5.91 Å². The summed E-state index contributed by atoms with van der Waals surface area (Å²) in [5, 5.41) is 8.63. The summed E-state index contributed by atoms with van der Waals surface area (Å²) in [4.78, 5) is 24.5. The van der Waals surface area contributed by atoms with Gasteiger partial charge in [0, 0.05) is 6.54 Å². The molecule has 1 aliphatic rings. The lowest BCUT2D eigenvalue weighted by Crippen LogP contribution is -2.43. The van der Waals surface area contributed by atoms with E-state index in [-0.39, 0.29) is 5.91 Å². The van der Waals surface area contributed by atoms with E-state index in [1.807, 2.05) is 6.07 Å². The van der Waals surface area contributed by atoms with Gasteiger partial charge >= 0.3 is 5.97 Å². The molecular weight excluding hydrogens is 196 g/mol. The largest absolute Gasteiger partial charge is 0.467 e. The normalized spacial score (nSPS) is 21.9. The van der Waals surface area contributed by atoms with E-state index in [0.717, 1.165) is 6.42 Å². The second kappa shape index (κ2) is 4.78. The van der Waals surface area contributed by atoms with Crippen molar-refractivity contribution in [2.75, 3.05) is 13.7 Å². The number of ether oxygens (including phenoxy) is 1. The molecule has 82 valence electrons. The van der Waals surface area contributed by atoms with Crippen molar-refractivity contribution in [2.45, 2.75) is 25.8 Å². The summed E-state index contributed by atoms with van der Waals surface area (Å²) in [7, 11) is 1.30. The van der Waals surface area contributed by atoms with Crippen LogP contribution in [0.1, 0.15) is 19.8 Å². The number of nitriles is 1. The van der Waals surface area contributed by atoms with Crippen LogP contribution in [-0.2, 0) is 14.3 Å². The van der Waals surface area contributed by atoms with Gasteiger partial charge in [-0.3, -0.25) is 4.79 Å². The zero-order valence-electron chi connectivity index (χ0n) is 8.90. The number of hydrogen-bond donors (Lipinski definition) is 0. The lowest BCUT2D eigenvalue weighted by atomic mass is 10.1. The number of rotatable bonds is 2. The van der Waals surface area contributed by atoms with Crippen molar-refractivity contribution in [2.24, 2.45) is 5.92 Å². The van der Waals surface area contributed by atoms with E-state index in [4.69, 9.17) is 5.26 Å². The average molecular weight is 210 g/mol. The minimum absolute atomic E-state index is 0.287. The topological polar surface area (TPSA) is 70.4 Å². The van der Waals surface area contributed by atoms with Crippen LogP contribution in [0.5, 0.6) is 0 Å². The van der Waals surface area contributed by atoms with Crippen molar-refractivity contribution >= 4 is 11.9 Å². The molecule has 2 atom stereocenters. The highest BCUT2D eigenvalue weighted by Crippen LogP contribution is 2.20. The number of nitrogens with zero attached hydrogens (tertiary/aromatic N) is 2. The first kappa shape index (κ1) is 11.5. The van der Waals surface area contributed by atoms with E-state index >= 15 is 0 Å². The summed E-state index contributed by atoms with van der Waals surface area (Å²) in [6, 6.07) is 1.37. The van der Waals surface area contributed by atoms with Gasteiger partial charge < -0.3 is 9.64 Å². The van der Waals surface area contributed by atoms with Crippen LogP contribution in [0.25, 0.3) is 0 Å². The van der Waals surface area contributed by atoms with Crippen molar-refractivity contribution in [3.8, 4) is 6.07 Å². The first-order chi connectivity index (χ1) is 7.11. The standard InChI is InChI=1S/C10H14N2O3/c1-7(6-11)9(13)12-5-3-4-8(12)10(14)15-2/h7-8H,3-5H2,1-2H3. The molecule has 1 rings (SSSR count). The minimum Gasteiger partial charge on any atom is -0.467 e. The van der Waals surface area contributed by atoms with Crippen LogP contribution in [0.4, 0.5) is 0 Å². The van der Waals surface area contributed by atoms with Gasteiger partial charge in [0.15, 0.2) is 0 Å². The van der Waals surface area contributed by atoms with E-state index in [2.05, 4.69) is 4.74 Å². The summed E-state index contributed by atoms with van der Waals surface area (Å²) in [6.07, 6.45) is 1.40. The predicted octanol–water partition coefficient (Wildman–Crippen LogP) is 0.310. The number of methoxy groups -OCH3 is 1. The second-order valence-corrected chi connectivity index (χ2v) is 3.56. The van der Waals surface area contributed by atoms with Crippen molar-refractivity contribution in [3.63, 3.8) is 0 Å². The predicted molar refractivity (Wildman–Crippen MR) is 51.5 cm³/mol. The number of carbonyl (C=O) groups is 2. The van der Waals surface area contributed by atoms with Gasteiger partial charge in [0.25, 0.3) is 0 Å². The van der Waals surface area contributed by atoms with E-state index in [0.29, 0.717) is 13.0 Å². The van der Waals surface area contributed by atoms with Gasteiger partial charge in [0.05, 0.1) is 13.2 Å². The Bertz CT molecular complexity index is 308. The zero-order valence-corrected chi connectivity index (χ0v) is 8.90. The van der Waals surface area contributed by atoms with Gasteiger partial charge in [0.1, 0.15) is 12.0 Å². The Morgan fingerprint density at radius 2 is 2.27 bits per heavy atom. The molecule has 5 nitrogen and oxygen atoms in total. The molecular formula is C10H14N2O3. The van der Waals surface area contributed by atoms with Gasteiger partial charge in [-0.25, -0.2) is 4.79 Å². The highest BCUT2D eigenvalue weighted by Gasteiger charge is 2.36. The Labute approximate surface area is 88.6 Å². The number of amides is 1. The second-order valence-electron chi connectivity index (χ2n) is 3.56.